The fraction of sp³-hybridized carbons (Fsp3) is 0. The zero-order chi connectivity index (χ0) is 20.3. The lowest BCUT2D eigenvalue weighted by Crippen LogP contribution is -2.36. The number of carbonyl (C=O) groups excluding carboxylic acids is 2. The Kier molecular flexibility index (Phi) is 8.67. The van der Waals surface area contributed by atoms with Crippen LogP contribution >= 0.6 is 0 Å². The number of nitrogens with two attached hydrogens (primary N) is 3. The van der Waals surface area contributed by atoms with Crippen LogP contribution in [0.15, 0.2) is 36.7 Å². The van der Waals surface area contributed by atoms with Gasteiger partial charge in [-0.05, 0) is 6.07 Å². The molecule has 0 saturated heterocycles. The standard InChI is InChI=1S/2C5H5N3O2.C2H3NO3/c2*6-5-2-1-4(3-7-5)8(9)10;3-1(4)2(5)6/h2*1-3H,(H2,6,7);(H2,3,4)(H,5,6). The molecular formula is C12H13N7O7. The van der Waals surface area contributed by atoms with Gasteiger partial charge >= 0.3 is 5.69 Å². The van der Waals surface area contributed by atoms with Crippen LogP contribution < -0.4 is 27.3 Å². The molecular weight excluding hydrogens is 354 g/mol. The van der Waals surface area contributed by atoms with Crippen molar-refractivity contribution in [2.24, 2.45) is 5.73 Å². The number of pyridine rings is 2. The van der Waals surface area contributed by atoms with Crippen LogP contribution in [0, 0.1) is 20.2 Å². The molecule has 0 aliphatic carbocycles. The van der Waals surface area contributed by atoms with E-state index in [1.807, 2.05) is 0 Å². The van der Waals surface area contributed by atoms with E-state index in [2.05, 4.69) is 15.7 Å². The smallest absolute Gasteiger partial charge is 0.308 e. The van der Waals surface area contributed by atoms with Crippen LogP contribution in [0.5, 0.6) is 0 Å². The zero-order valence-electron chi connectivity index (χ0n) is 12.9. The molecule has 0 aliphatic heterocycles. The first-order valence-electron chi connectivity index (χ1n) is 6.33. The molecule has 0 fully saturated rings. The second-order valence-electron chi connectivity index (χ2n) is 4.11. The van der Waals surface area contributed by atoms with Crippen LogP contribution in [-0.4, -0.2) is 26.7 Å². The van der Waals surface area contributed by atoms with Gasteiger partial charge < -0.3 is 21.4 Å². The Balaban J connectivity index is 0.000000375. The number of nitrogens with one attached hydrogen (secondary N) is 1. The Morgan fingerprint density at radius 3 is 1.81 bits per heavy atom. The van der Waals surface area contributed by atoms with Crippen molar-refractivity contribution in [3.63, 3.8) is 0 Å². The quantitative estimate of drug-likeness (QED) is 0.293. The predicted molar refractivity (Wildman–Crippen MR) is 83.6 cm³/mol. The average molecular weight is 367 g/mol. The summed E-state index contributed by atoms with van der Waals surface area (Å²) in [5.41, 5.74) is 14.5. The summed E-state index contributed by atoms with van der Waals surface area (Å²) < 4.78 is 0. The van der Waals surface area contributed by atoms with Gasteiger partial charge in [0.15, 0.2) is 6.20 Å². The number of nitrogens with zero attached hydrogens (tertiary/aromatic N) is 3. The third-order valence-electron chi connectivity index (χ3n) is 2.21. The van der Waals surface area contributed by atoms with E-state index in [1.165, 1.54) is 30.5 Å². The number of primary amides is 1. The molecule has 1 amide bonds. The minimum Gasteiger partial charge on any atom is -0.540 e. The molecule has 0 spiro atoms. The maximum atomic E-state index is 10.1. The van der Waals surface area contributed by atoms with Crippen LogP contribution in [0.25, 0.3) is 0 Å². The first-order valence-corrected chi connectivity index (χ1v) is 6.33. The van der Waals surface area contributed by atoms with E-state index in [-0.39, 0.29) is 17.2 Å². The summed E-state index contributed by atoms with van der Waals surface area (Å²) in [6.07, 6.45) is 2.37. The molecule has 26 heavy (non-hydrogen) atoms. The summed E-state index contributed by atoms with van der Waals surface area (Å²) >= 11 is 0. The number of H-pyrrole nitrogens is 1. The summed E-state index contributed by atoms with van der Waals surface area (Å²) in [7, 11) is 0. The highest BCUT2D eigenvalue weighted by Gasteiger charge is 2.05. The van der Waals surface area contributed by atoms with Crippen molar-refractivity contribution >= 4 is 34.9 Å². The molecule has 2 rings (SSSR count). The zero-order valence-corrected chi connectivity index (χ0v) is 12.9. The first kappa shape index (κ1) is 21.6. The molecule has 2 aromatic heterocycles. The molecule has 14 nitrogen and oxygen atoms in total. The Morgan fingerprint density at radius 1 is 1.00 bits per heavy atom. The van der Waals surface area contributed by atoms with Gasteiger partial charge in [0.1, 0.15) is 18.0 Å². The summed E-state index contributed by atoms with van der Waals surface area (Å²) in [5.74, 6) is -2.60. The summed E-state index contributed by atoms with van der Waals surface area (Å²) in [5, 5.41) is 29.2. The number of aliphatic carboxylic acids is 1. The highest BCUT2D eigenvalue weighted by Crippen LogP contribution is 2.08. The summed E-state index contributed by atoms with van der Waals surface area (Å²) in [6.45, 7) is 0. The molecule has 0 aliphatic rings. The van der Waals surface area contributed by atoms with E-state index in [1.54, 1.807) is 0 Å². The van der Waals surface area contributed by atoms with E-state index >= 15 is 0 Å². The highest BCUT2D eigenvalue weighted by molar-refractivity contribution is 6.29. The van der Waals surface area contributed by atoms with Gasteiger partial charge in [-0.25, -0.2) is 9.97 Å². The van der Waals surface area contributed by atoms with Crippen molar-refractivity contribution in [1.29, 1.82) is 0 Å². The Labute approximate surface area is 144 Å². The van der Waals surface area contributed by atoms with Gasteiger partial charge in [0.25, 0.3) is 17.4 Å². The van der Waals surface area contributed by atoms with Crippen molar-refractivity contribution in [2.45, 2.75) is 0 Å². The SMILES string of the molecule is NC(=O)C(=O)[O-].Nc1ccc([N+](=O)[O-])c[nH+]1.Nc1ccc([N+](=O)[O-])cn1. The Hall–Kier alpha value is -4.36. The molecule has 0 bridgehead atoms. The second-order valence-corrected chi connectivity index (χ2v) is 4.11. The van der Waals surface area contributed by atoms with Gasteiger partial charge in [-0.1, -0.05) is 0 Å². The molecule has 14 heteroatoms. The Morgan fingerprint density at radius 2 is 1.50 bits per heavy atom. The number of nitrogen functional groups attached to an aromatic ring is 2. The van der Waals surface area contributed by atoms with Crippen molar-refractivity contribution in [1.82, 2.24) is 4.98 Å². The van der Waals surface area contributed by atoms with Gasteiger partial charge in [0, 0.05) is 18.2 Å². The maximum Gasteiger partial charge on any atom is 0.308 e. The first-order chi connectivity index (χ1) is 12.0. The van der Waals surface area contributed by atoms with Crippen LogP contribution in [0.2, 0.25) is 0 Å². The highest BCUT2D eigenvalue weighted by atomic mass is 16.6. The number of hydrogen-bond donors (Lipinski definition) is 3. The van der Waals surface area contributed by atoms with E-state index in [0.717, 1.165) is 6.20 Å². The van der Waals surface area contributed by atoms with Crippen LogP contribution in [0.3, 0.4) is 0 Å². The summed E-state index contributed by atoms with van der Waals surface area (Å²) in [6, 6.07) is 5.48. The Bertz CT molecular complexity index is 710. The van der Waals surface area contributed by atoms with Crippen molar-refractivity contribution < 1.29 is 29.5 Å². The van der Waals surface area contributed by atoms with Crippen molar-refractivity contribution in [3.05, 3.63) is 56.9 Å². The average Bonchev–Trinajstić information content (AvgIpc) is 2.56. The molecule has 138 valence electrons. The van der Waals surface area contributed by atoms with Gasteiger partial charge in [0.05, 0.1) is 9.85 Å². The number of aromatic nitrogens is 2. The van der Waals surface area contributed by atoms with Gasteiger partial charge in [-0.15, -0.1) is 0 Å². The number of anilines is 2. The number of aromatic amines is 1. The van der Waals surface area contributed by atoms with Gasteiger partial charge in [-0.3, -0.25) is 30.8 Å². The fourth-order valence-electron chi connectivity index (χ4n) is 1.05. The molecule has 0 saturated carbocycles. The monoisotopic (exact) mass is 367 g/mol. The number of carbonyl (C=O) groups is 2. The number of carboxylic acid groups (broad SMARTS) is 1. The van der Waals surface area contributed by atoms with Crippen LogP contribution in [0.1, 0.15) is 0 Å². The lowest BCUT2D eigenvalue weighted by molar-refractivity contribution is -0.413. The minimum atomic E-state index is -1.85. The number of hydrogen-bond acceptors (Lipinski definition) is 10. The minimum absolute atomic E-state index is 0.00852. The molecule has 7 N–H and O–H groups in total. The normalized spacial score (nSPS) is 8.77. The van der Waals surface area contributed by atoms with E-state index < -0.39 is 21.7 Å². The molecule has 2 heterocycles. The van der Waals surface area contributed by atoms with E-state index in [9.17, 15) is 25.0 Å². The van der Waals surface area contributed by atoms with E-state index in [4.69, 9.17) is 21.4 Å². The second kappa shape index (κ2) is 10.4. The lowest BCUT2D eigenvalue weighted by atomic mass is 10.4. The van der Waals surface area contributed by atoms with E-state index in [0.29, 0.717) is 5.82 Å². The number of nitro groups is 2. The fourth-order valence-corrected chi connectivity index (χ4v) is 1.05. The lowest BCUT2D eigenvalue weighted by Gasteiger charge is -1.89. The number of rotatable bonds is 2. The molecule has 0 aromatic carbocycles. The third-order valence-corrected chi connectivity index (χ3v) is 2.21. The molecule has 0 atom stereocenters. The summed E-state index contributed by atoms with van der Waals surface area (Å²) in [4.78, 5) is 43.5. The molecule has 0 radical (unpaired) electrons. The van der Waals surface area contributed by atoms with Crippen LogP contribution in [-0.2, 0) is 9.59 Å². The van der Waals surface area contributed by atoms with Gasteiger partial charge in [0.2, 0.25) is 0 Å². The van der Waals surface area contributed by atoms with Crippen LogP contribution in [0.4, 0.5) is 23.0 Å². The van der Waals surface area contributed by atoms with Gasteiger partial charge in [-0.2, -0.15) is 0 Å². The van der Waals surface area contributed by atoms with Crippen molar-refractivity contribution in [2.75, 3.05) is 11.5 Å². The topological polar surface area (TPSA) is 249 Å². The van der Waals surface area contributed by atoms with Crippen molar-refractivity contribution in [3.8, 4) is 0 Å². The maximum absolute atomic E-state index is 10.1. The number of carboxylic acids is 1. The largest absolute Gasteiger partial charge is 0.540 e. The molecule has 2 aromatic rings. The predicted octanol–water partition coefficient (Wildman–Crippen LogP) is -2.22. The third kappa shape index (κ3) is 8.93. The molecule has 0 unspecified atom stereocenters. The number of amides is 1.